The van der Waals surface area contributed by atoms with Crippen LogP contribution in [-0.2, 0) is 4.74 Å². The van der Waals surface area contributed by atoms with Gasteiger partial charge in [0, 0.05) is 32.7 Å². The van der Waals surface area contributed by atoms with Crippen molar-refractivity contribution in [1.82, 2.24) is 15.0 Å². The van der Waals surface area contributed by atoms with E-state index in [9.17, 15) is 4.79 Å². The Morgan fingerprint density at radius 3 is 2.69 bits per heavy atom. The second-order valence-electron chi connectivity index (χ2n) is 7.18. The van der Waals surface area contributed by atoms with Gasteiger partial charge in [0.05, 0.1) is 25.5 Å². The normalized spacial score (nSPS) is 15.9. The minimum Gasteiger partial charge on any atom is -0.497 e. The molecular formula is C22H29N3O4. The highest BCUT2D eigenvalue weighted by atomic mass is 16.5. The first-order valence-corrected chi connectivity index (χ1v) is 9.84. The van der Waals surface area contributed by atoms with Gasteiger partial charge in [0.1, 0.15) is 17.1 Å². The van der Waals surface area contributed by atoms with Gasteiger partial charge in [0.25, 0.3) is 5.91 Å². The summed E-state index contributed by atoms with van der Waals surface area (Å²) in [5.74, 6) is 1.38. The molecule has 156 valence electrons. The summed E-state index contributed by atoms with van der Waals surface area (Å²) in [5.41, 5.74) is 2.30. The van der Waals surface area contributed by atoms with E-state index in [1.807, 2.05) is 29.2 Å². The molecule has 0 saturated carbocycles. The van der Waals surface area contributed by atoms with E-state index in [1.54, 1.807) is 27.0 Å². The summed E-state index contributed by atoms with van der Waals surface area (Å²) in [4.78, 5) is 17.0. The predicted molar refractivity (Wildman–Crippen MR) is 110 cm³/mol. The summed E-state index contributed by atoms with van der Waals surface area (Å²) < 4.78 is 16.5. The van der Waals surface area contributed by atoms with Crippen molar-refractivity contribution in [3.8, 4) is 5.75 Å². The highest BCUT2D eigenvalue weighted by Gasteiger charge is 2.28. The number of rotatable bonds is 8. The Bertz CT molecular complexity index is 821. The van der Waals surface area contributed by atoms with Crippen molar-refractivity contribution in [2.75, 3.05) is 46.4 Å². The van der Waals surface area contributed by atoms with Gasteiger partial charge in [-0.25, -0.2) is 0 Å². The van der Waals surface area contributed by atoms with Crippen LogP contribution in [0, 0.1) is 13.8 Å². The molecule has 1 amide bonds. The van der Waals surface area contributed by atoms with Gasteiger partial charge in [-0.2, -0.15) is 0 Å². The number of nitrogens with zero attached hydrogens (tertiary/aromatic N) is 3. The van der Waals surface area contributed by atoms with E-state index >= 15 is 0 Å². The van der Waals surface area contributed by atoms with Gasteiger partial charge in [-0.3, -0.25) is 9.69 Å². The quantitative estimate of drug-likeness (QED) is 0.636. The zero-order chi connectivity index (χ0) is 20.8. The number of ether oxygens (including phenoxy) is 2. The molecule has 0 bridgehead atoms. The van der Waals surface area contributed by atoms with Crippen molar-refractivity contribution in [3.63, 3.8) is 0 Å². The first-order valence-electron chi connectivity index (χ1n) is 9.84. The van der Waals surface area contributed by atoms with Gasteiger partial charge >= 0.3 is 0 Å². The lowest BCUT2D eigenvalue weighted by Crippen LogP contribution is -2.49. The molecule has 1 aromatic heterocycles. The van der Waals surface area contributed by atoms with Crippen molar-refractivity contribution in [3.05, 3.63) is 59.5 Å². The fraction of sp³-hybridized carbons (Fsp3) is 0.455. The van der Waals surface area contributed by atoms with Crippen LogP contribution in [0.15, 0.2) is 41.4 Å². The van der Waals surface area contributed by atoms with Crippen molar-refractivity contribution in [2.45, 2.75) is 20.0 Å². The topological polar surface area (TPSA) is 68.0 Å². The summed E-state index contributed by atoms with van der Waals surface area (Å²) in [7, 11) is 1.66. The molecule has 1 aliphatic rings. The van der Waals surface area contributed by atoms with E-state index in [-0.39, 0.29) is 12.0 Å². The number of hydrogen-bond acceptors (Lipinski definition) is 6. The minimum atomic E-state index is -0.0899. The standard InChI is InChI=1S/C22H29N3O4/c1-5-13-28-20(18-7-6-8-19(14-18)27-4)15-24-9-11-25(12-10-24)22(26)21-16(2)23-29-17(21)3/h5-8,14,20H,1,9-13,15H2,2-4H3. The number of methoxy groups -OCH3 is 1. The smallest absolute Gasteiger partial charge is 0.259 e. The van der Waals surface area contributed by atoms with Crippen LogP contribution in [-0.4, -0.2) is 67.3 Å². The van der Waals surface area contributed by atoms with Gasteiger partial charge in [-0.05, 0) is 31.5 Å². The van der Waals surface area contributed by atoms with E-state index < -0.39 is 0 Å². The molecular weight excluding hydrogens is 370 g/mol. The molecule has 0 aliphatic carbocycles. The van der Waals surface area contributed by atoms with Crippen LogP contribution in [0.3, 0.4) is 0 Å². The first-order chi connectivity index (χ1) is 14.0. The van der Waals surface area contributed by atoms with Crippen LogP contribution >= 0.6 is 0 Å². The van der Waals surface area contributed by atoms with E-state index in [1.165, 1.54) is 0 Å². The second kappa shape index (κ2) is 9.71. The van der Waals surface area contributed by atoms with Crippen molar-refractivity contribution in [1.29, 1.82) is 0 Å². The Morgan fingerprint density at radius 2 is 2.07 bits per heavy atom. The molecule has 7 nitrogen and oxygen atoms in total. The van der Waals surface area contributed by atoms with E-state index in [4.69, 9.17) is 14.0 Å². The minimum absolute atomic E-state index is 0.00634. The molecule has 0 spiro atoms. The van der Waals surface area contributed by atoms with Crippen molar-refractivity contribution in [2.24, 2.45) is 0 Å². The molecule has 0 radical (unpaired) electrons. The van der Waals surface area contributed by atoms with Gasteiger partial charge in [0.15, 0.2) is 0 Å². The Morgan fingerprint density at radius 1 is 1.31 bits per heavy atom. The maximum atomic E-state index is 12.8. The number of aryl methyl sites for hydroxylation is 2. The molecule has 2 heterocycles. The molecule has 1 saturated heterocycles. The lowest BCUT2D eigenvalue weighted by atomic mass is 10.1. The number of piperazine rings is 1. The fourth-order valence-electron chi connectivity index (χ4n) is 3.59. The molecule has 1 fully saturated rings. The van der Waals surface area contributed by atoms with Crippen molar-refractivity contribution < 1.29 is 18.8 Å². The number of amides is 1. The molecule has 1 aliphatic heterocycles. The second-order valence-corrected chi connectivity index (χ2v) is 7.18. The van der Waals surface area contributed by atoms with E-state index in [0.29, 0.717) is 36.7 Å². The summed E-state index contributed by atoms with van der Waals surface area (Å²) in [6, 6.07) is 7.95. The van der Waals surface area contributed by atoms with Crippen molar-refractivity contribution >= 4 is 5.91 Å². The molecule has 2 aromatic rings. The van der Waals surface area contributed by atoms with Gasteiger partial charge in [0.2, 0.25) is 0 Å². The lowest BCUT2D eigenvalue weighted by molar-refractivity contribution is 0.0244. The number of aromatic nitrogens is 1. The average molecular weight is 399 g/mol. The molecule has 7 heteroatoms. The summed E-state index contributed by atoms with van der Waals surface area (Å²) in [5, 5.41) is 3.89. The third kappa shape index (κ3) is 5.05. The van der Waals surface area contributed by atoms with E-state index in [0.717, 1.165) is 30.9 Å². The Hall–Kier alpha value is -2.64. The SMILES string of the molecule is C=CCOC(CN1CCN(C(=O)c2c(C)noc2C)CC1)c1cccc(OC)c1. The van der Waals surface area contributed by atoms with Crippen LogP contribution in [0.25, 0.3) is 0 Å². The largest absolute Gasteiger partial charge is 0.497 e. The molecule has 29 heavy (non-hydrogen) atoms. The summed E-state index contributed by atoms with van der Waals surface area (Å²) in [6.45, 7) is 11.4. The molecule has 3 rings (SSSR count). The highest BCUT2D eigenvalue weighted by Crippen LogP contribution is 2.24. The zero-order valence-corrected chi connectivity index (χ0v) is 17.4. The number of carbonyl (C=O) groups is 1. The number of benzene rings is 1. The van der Waals surface area contributed by atoms with Gasteiger partial charge < -0.3 is 18.9 Å². The summed E-state index contributed by atoms with van der Waals surface area (Å²) in [6.07, 6.45) is 1.67. The molecule has 1 atom stereocenters. The van der Waals surface area contributed by atoms with Crippen LogP contribution in [0.1, 0.15) is 33.5 Å². The molecule has 0 N–H and O–H groups in total. The Kier molecular flexibility index (Phi) is 7.06. The number of hydrogen-bond donors (Lipinski definition) is 0. The predicted octanol–water partition coefficient (Wildman–Crippen LogP) is 3.00. The Balaban J connectivity index is 1.62. The highest BCUT2D eigenvalue weighted by molar-refractivity contribution is 5.96. The van der Waals surface area contributed by atoms with Crippen LogP contribution in [0.5, 0.6) is 5.75 Å². The molecule has 1 aromatic carbocycles. The van der Waals surface area contributed by atoms with Gasteiger partial charge in [-0.1, -0.05) is 23.4 Å². The Labute approximate surface area is 171 Å². The monoisotopic (exact) mass is 399 g/mol. The fourth-order valence-corrected chi connectivity index (χ4v) is 3.59. The van der Waals surface area contributed by atoms with Crippen LogP contribution < -0.4 is 4.74 Å². The maximum Gasteiger partial charge on any atom is 0.259 e. The third-order valence-corrected chi connectivity index (χ3v) is 5.21. The lowest BCUT2D eigenvalue weighted by Gasteiger charge is -2.36. The van der Waals surface area contributed by atoms with E-state index in [2.05, 4.69) is 16.6 Å². The average Bonchev–Trinajstić information content (AvgIpc) is 3.09. The maximum absolute atomic E-state index is 12.8. The summed E-state index contributed by atoms with van der Waals surface area (Å²) >= 11 is 0. The first kappa shape index (κ1) is 21.1. The molecule has 1 unspecified atom stereocenters. The van der Waals surface area contributed by atoms with Crippen LogP contribution in [0.4, 0.5) is 0 Å². The van der Waals surface area contributed by atoms with Gasteiger partial charge in [-0.15, -0.1) is 6.58 Å². The number of carbonyl (C=O) groups excluding carboxylic acids is 1. The zero-order valence-electron chi connectivity index (χ0n) is 17.4. The van der Waals surface area contributed by atoms with Crippen LogP contribution in [0.2, 0.25) is 0 Å². The third-order valence-electron chi connectivity index (χ3n) is 5.21.